The van der Waals surface area contributed by atoms with Crippen LogP contribution in [0.15, 0.2) is 23.1 Å². The molecule has 0 saturated carbocycles. The van der Waals surface area contributed by atoms with Crippen molar-refractivity contribution in [2.75, 3.05) is 13.1 Å². The largest absolute Gasteiger partial charge is 0.359 e. The molecule has 17 heavy (non-hydrogen) atoms. The number of amides is 2. The Kier molecular flexibility index (Phi) is 4.93. The van der Waals surface area contributed by atoms with Crippen LogP contribution in [-0.2, 0) is 11.8 Å². The zero-order valence-corrected chi connectivity index (χ0v) is 9.60. The molecule has 1 aromatic rings. The van der Waals surface area contributed by atoms with Gasteiger partial charge in [0.1, 0.15) is 5.56 Å². The number of rotatable bonds is 6. The molecule has 0 fully saturated rings. The smallest absolute Gasteiger partial charge is 0.263 e. The van der Waals surface area contributed by atoms with Crippen LogP contribution in [0, 0.1) is 0 Å². The molecule has 0 unspecified atom stereocenters. The fourth-order valence-corrected chi connectivity index (χ4v) is 1.32. The van der Waals surface area contributed by atoms with Crippen molar-refractivity contribution in [1.82, 2.24) is 15.2 Å². The van der Waals surface area contributed by atoms with Gasteiger partial charge in [0, 0.05) is 26.3 Å². The Balaban J connectivity index is 2.50. The first-order valence-corrected chi connectivity index (χ1v) is 5.27. The summed E-state index contributed by atoms with van der Waals surface area (Å²) < 4.78 is 1.35. The molecule has 6 nitrogen and oxygen atoms in total. The lowest BCUT2D eigenvalue weighted by Crippen LogP contribution is -2.33. The monoisotopic (exact) mass is 237 g/mol. The minimum absolute atomic E-state index is 0.123. The highest BCUT2D eigenvalue weighted by Gasteiger charge is 2.09. The zero-order chi connectivity index (χ0) is 12.7. The molecule has 0 aliphatic heterocycles. The van der Waals surface area contributed by atoms with Gasteiger partial charge in [0.2, 0.25) is 6.41 Å². The number of pyridine rings is 1. The second kappa shape index (κ2) is 6.47. The van der Waals surface area contributed by atoms with Gasteiger partial charge >= 0.3 is 0 Å². The zero-order valence-electron chi connectivity index (χ0n) is 9.60. The maximum Gasteiger partial charge on any atom is 0.263 e. The van der Waals surface area contributed by atoms with E-state index in [1.54, 1.807) is 19.3 Å². The molecule has 1 aromatic heterocycles. The van der Waals surface area contributed by atoms with E-state index >= 15 is 0 Å². The van der Waals surface area contributed by atoms with Gasteiger partial charge in [-0.3, -0.25) is 14.4 Å². The van der Waals surface area contributed by atoms with Gasteiger partial charge in [0.25, 0.3) is 11.5 Å². The fraction of sp³-hybridized carbons (Fsp3) is 0.364. The summed E-state index contributed by atoms with van der Waals surface area (Å²) in [4.78, 5) is 33.2. The number of hydrogen-bond acceptors (Lipinski definition) is 3. The minimum Gasteiger partial charge on any atom is -0.359 e. The molecule has 0 spiro atoms. The van der Waals surface area contributed by atoms with Crippen molar-refractivity contribution in [3.63, 3.8) is 0 Å². The Morgan fingerprint density at radius 1 is 1.47 bits per heavy atom. The van der Waals surface area contributed by atoms with E-state index in [2.05, 4.69) is 10.6 Å². The van der Waals surface area contributed by atoms with Crippen molar-refractivity contribution in [2.45, 2.75) is 6.42 Å². The lowest BCUT2D eigenvalue weighted by Gasteiger charge is -2.05. The lowest BCUT2D eigenvalue weighted by molar-refractivity contribution is -0.109. The number of nitrogens with zero attached hydrogens (tertiary/aromatic N) is 1. The van der Waals surface area contributed by atoms with E-state index in [0.717, 1.165) is 0 Å². The first-order chi connectivity index (χ1) is 8.16. The molecular weight excluding hydrogens is 222 g/mol. The minimum atomic E-state index is -0.391. The van der Waals surface area contributed by atoms with Crippen LogP contribution < -0.4 is 16.2 Å². The second-order valence-corrected chi connectivity index (χ2v) is 3.52. The number of carbonyl (C=O) groups is 2. The van der Waals surface area contributed by atoms with Crippen LogP contribution in [0.5, 0.6) is 0 Å². The maximum absolute atomic E-state index is 11.6. The van der Waals surface area contributed by atoms with Crippen LogP contribution in [-0.4, -0.2) is 30.0 Å². The van der Waals surface area contributed by atoms with E-state index in [-0.39, 0.29) is 11.1 Å². The first kappa shape index (κ1) is 13.0. The summed E-state index contributed by atoms with van der Waals surface area (Å²) in [6.07, 6.45) is 2.82. The van der Waals surface area contributed by atoms with E-state index < -0.39 is 5.91 Å². The SMILES string of the molecule is Cn1cccc(C(=O)NCCCNC=O)c1=O. The van der Waals surface area contributed by atoms with Crippen LogP contribution in [0.3, 0.4) is 0 Å². The summed E-state index contributed by atoms with van der Waals surface area (Å²) in [5, 5.41) is 5.10. The van der Waals surface area contributed by atoms with E-state index in [4.69, 9.17) is 0 Å². The summed E-state index contributed by atoms with van der Waals surface area (Å²) in [5.74, 6) is -0.391. The van der Waals surface area contributed by atoms with E-state index in [0.29, 0.717) is 25.9 Å². The third-order valence-electron chi connectivity index (χ3n) is 2.23. The van der Waals surface area contributed by atoms with Gasteiger partial charge in [-0.2, -0.15) is 0 Å². The topological polar surface area (TPSA) is 80.2 Å². The second-order valence-electron chi connectivity index (χ2n) is 3.52. The molecule has 0 aliphatic rings. The van der Waals surface area contributed by atoms with E-state index in [1.807, 2.05) is 0 Å². The molecule has 1 rings (SSSR count). The number of aromatic nitrogens is 1. The molecule has 1 heterocycles. The summed E-state index contributed by atoms with van der Waals surface area (Å²) in [5.41, 5.74) is -0.200. The summed E-state index contributed by atoms with van der Waals surface area (Å²) >= 11 is 0. The Morgan fingerprint density at radius 3 is 2.94 bits per heavy atom. The summed E-state index contributed by atoms with van der Waals surface area (Å²) in [7, 11) is 1.59. The van der Waals surface area contributed by atoms with Gasteiger partial charge in [-0.15, -0.1) is 0 Å². The third-order valence-corrected chi connectivity index (χ3v) is 2.23. The standard InChI is InChI=1S/C11H15N3O3/c1-14-7-2-4-9(11(14)17)10(16)13-6-3-5-12-8-15/h2,4,7-8H,3,5-6H2,1H3,(H,12,15)(H,13,16). The molecule has 0 radical (unpaired) electrons. The van der Waals surface area contributed by atoms with Gasteiger partial charge < -0.3 is 15.2 Å². The number of hydrogen-bond donors (Lipinski definition) is 2. The fourth-order valence-electron chi connectivity index (χ4n) is 1.32. The van der Waals surface area contributed by atoms with Gasteiger partial charge in [-0.05, 0) is 18.6 Å². The van der Waals surface area contributed by atoms with Crippen molar-refractivity contribution in [1.29, 1.82) is 0 Å². The van der Waals surface area contributed by atoms with Crippen LogP contribution in [0.25, 0.3) is 0 Å². The van der Waals surface area contributed by atoms with Crippen molar-refractivity contribution in [3.05, 3.63) is 34.2 Å². The van der Waals surface area contributed by atoms with Gasteiger partial charge in [0.05, 0.1) is 0 Å². The Hall–Kier alpha value is -2.11. The molecule has 0 atom stereocenters. The van der Waals surface area contributed by atoms with Gasteiger partial charge in [-0.1, -0.05) is 0 Å². The Bertz CT molecular complexity index is 454. The van der Waals surface area contributed by atoms with Crippen molar-refractivity contribution >= 4 is 12.3 Å². The quantitative estimate of drug-likeness (QED) is 0.504. The van der Waals surface area contributed by atoms with Crippen molar-refractivity contribution in [3.8, 4) is 0 Å². The van der Waals surface area contributed by atoms with Crippen LogP contribution in [0.2, 0.25) is 0 Å². The lowest BCUT2D eigenvalue weighted by atomic mass is 10.2. The highest BCUT2D eigenvalue weighted by atomic mass is 16.2. The molecule has 0 aromatic carbocycles. The average molecular weight is 237 g/mol. The van der Waals surface area contributed by atoms with Gasteiger partial charge in [0.15, 0.2) is 0 Å². The van der Waals surface area contributed by atoms with Gasteiger partial charge in [-0.25, -0.2) is 0 Å². The van der Waals surface area contributed by atoms with Crippen molar-refractivity contribution in [2.24, 2.45) is 7.05 Å². The molecule has 92 valence electrons. The molecule has 6 heteroatoms. The normalized spacial score (nSPS) is 9.71. The average Bonchev–Trinajstić information content (AvgIpc) is 2.32. The van der Waals surface area contributed by atoms with Crippen molar-refractivity contribution < 1.29 is 9.59 Å². The summed E-state index contributed by atoms with van der Waals surface area (Å²) in [6.45, 7) is 0.911. The molecule has 0 saturated heterocycles. The first-order valence-electron chi connectivity index (χ1n) is 5.27. The predicted molar refractivity (Wildman–Crippen MR) is 62.7 cm³/mol. The molecular formula is C11H15N3O3. The van der Waals surface area contributed by atoms with Crippen LogP contribution >= 0.6 is 0 Å². The third kappa shape index (κ3) is 3.75. The molecule has 2 N–H and O–H groups in total. The number of carbonyl (C=O) groups excluding carboxylic acids is 2. The number of nitrogens with one attached hydrogen (secondary N) is 2. The predicted octanol–water partition coefficient (Wildman–Crippen LogP) is -0.749. The highest BCUT2D eigenvalue weighted by Crippen LogP contribution is 1.90. The summed E-state index contributed by atoms with van der Waals surface area (Å²) in [6, 6.07) is 3.13. The molecule has 2 amide bonds. The van der Waals surface area contributed by atoms with E-state index in [9.17, 15) is 14.4 Å². The molecule has 0 bridgehead atoms. The highest BCUT2D eigenvalue weighted by molar-refractivity contribution is 5.93. The van der Waals surface area contributed by atoms with Crippen LogP contribution in [0.1, 0.15) is 16.8 Å². The number of aryl methyl sites for hydroxylation is 1. The molecule has 0 aliphatic carbocycles. The maximum atomic E-state index is 11.6. The Labute approximate surface area is 98.6 Å². The van der Waals surface area contributed by atoms with Crippen LogP contribution in [0.4, 0.5) is 0 Å². The Morgan fingerprint density at radius 2 is 2.24 bits per heavy atom. The van der Waals surface area contributed by atoms with E-state index in [1.165, 1.54) is 10.6 Å².